The van der Waals surface area contributed by atoms with Crippen molar-refractivity contribution in [3.05, 3.63) is 29.8 Å². The fourth-order valence-corrected chi connectivity index (χ4v) is 1.82. The number of hydrogen-bond acceptors (Lipinski definition) is 3. The van der Waals surface area contributed by atoms with Crippen molar-refractivity contribution in [2.45, 2.75) is 19.9 Å². The van der Waals surface area contributed by atoms with Gasteiger partial charge in [0.15, 0.2) is 0 Å². The second-order valence-corrected chi connectivity index (χ2v) is 4.71. The fraction of sp³-hybridized carbons (Fsp3) is 0.538. The maximum atomic E-state index is 5.76. The van der Waals surface area contributed by atoms with Gasteiger partial charge in [-0.2, -0.15) is 0 Å². The van der Waals surface area contributed by atoms with Crippen molar-refractivity contribution in [3.8, 4) is 5.75 Å². The van der Waals surface area contributed by atoms with Crippen LogP contribution in [0.3, 0.4) is 0 Å². The van der Waals surface area contributed by atoms with E-state index in [-0.39, 0.29) is 0 Å². The molecule has 1 aromatic carbocycles. The minimum Gasteiger partial charge on any atom is -0.493 e. The maximum Gasteiger partial charge on any atom is 0.123 e. The summed E-state index contributed by atoms with van der Waals surface area (Å²) in [6.07, 6.45) is 1.03. The fourth-order valence-electron chi connectivity index (χ4n) is 1.82. The number of hydrogen-bond donors (Lipinski definition) is 1. The Morgan fingerprint density at radius 1 is 1.38 bits per heavy atom. The van der Waals surface area contributed by atoms with E-state index in [1.165, 1.54) is 0 Å². The first-order chi connectivity index (χ1) is 7.73. The van der Waals surface area contributed by atoms with Crippen LogP contribution in [0.4, 0.5) is 0 Å². The highest BCUT2D eigenvalue weighted by Crippen LogP contribution is 2.30. The topological polar surface area (TPSA) is 44.5 Å². The molecule has 1 aromatic rings. The molecule has 1 aliphatic heterocycles. The highest BCUT2D eigenvalue weighted by Gasteiger charge is 2.32. The minimum atomic E-state index is 0.317. The van der Waals surface area contributed by atoms with Gasteiger partial charge in [0, 0.05) is 17.5 Å². The average molecular weight is 221 g/mol. The first-order valence-corrected chi connectivity index (χ1v) is 5.72. The Morgan fingerprint density at radius 2 is 2.12 bits per heavy atom. The molecule has 1 saturated heterocycles. The zero-order valence-electron chi connectivity index (χ0n) is 9.74. The van der Waals surface area contributed by atoms with E-state index in [1.807, 2.05) is 24.3 Å². The number of rotatable bonds is 5. The molecule has 1 heterocycles. The van der Waals surface area contributed by atoms with Crippen molar-refractivity contribution >= 4 is 0 Å². The van der Waals surface area contributed by atoms with E-state index in [4.69, 9.17) is 15.2 Å². The van der Waals surface area contributed by atoms with Crippen LogP contribution >= 0.6 is 0 Å². The molecule has 3 heteroatoms. The predicted molar refractivity (Wildman–Crippen MR) is 63.4 cm³/mol. The van der Waals surface area contributed by atoms with Crippen LogP contribution in [0.2, 0.25) is 0 Å². The van der Waals surface area contributed by atoms with Gasteiger partial charge in [-0.1, -0.05) is 25.1 Å². The molecule has 0 saturated carbocycles. The molecule has 0 unspecified atom stereocenters. The Balaban J connectivity index is 1.84. The minimum absolute atomic E-state index is 0.317. The summed E-state index contributed by atoms with van der Waals surface area (Å²) in [5.41, 5.74) is 7.03. The van der Waals surface area contributed by atoms with Crippen molar-refractivity contribution in [2.75, 3.05) is 19.8 Å². The van der Waals surface area contributed by atoms with Gasteiger partial charge in [0.2, 0.25) is 0 Å². The summed E-state index contributed by atoms with van der Waals surface area (Å²) in [6.45, 7) is 5.20. The Kier molecular flexibility index (Phi) is 3.46. The van der Waals surface area contributed by atoms with Gasteiger partial charge < -0.3 is 15.2 Å². The zero-order valence-corrected chi connectivity index (χ0v) is 9.74. The van der Waals surface area contributed by atoms with E-state index in [1.54, 1.807) is 0 Å². The molecular weight excluding hydrogens is 202 g/mol. The van der Waals surface area contributed by atoms with Gasteiger partial charge in [0.25, 0.3) is 0 Å². The molecule has 0 bridgehead atoms. The van der Waals surface area contributed by atoms with Crippen LogP contribution in [0, 0.1) is 5.41 Å². The molecule has 0 atom stereocenters. The molecule has 0 radical (unpaired) electrons. The zero-order chi connectivity index (χ0) is 11.4. The third kappa shape index (κ3) is 2.54. The van der Waals surface area contributed by atoms with E-state index >= 15 is 0 Å². The number of ether oxygens (including phenoxy) is 2. The van der Waals surface area contributed by atoms with Crippen LogP contribution in [0.1, 0.15) is 18.9 Å². The molecule has 0 amide bonds. The van der Waals surface area contributed by atoms with Crippen molar-refractivity contribution in [2.24, 2.45) is 11.1 Å². The summed E-state index contributed by atoms with van der Waals surface area (Å²) in [6, 6.07) is 7.93. The molecule has 0 spiro atoms. The van der Waals surface area contributed by atoms with Crippen LogP contribution in [0.25, 0.3) is 0 Å². The summed E-state index contributed by atoms with van der Waals surface area (Å²) < 4.78 is 11.0. The first-order valence-electron chi connectivity index (χ1n) is 5.72. The smallest absolute Gasteiger partial charge is 0.123 e. The predicted octanol–water partition coefficient (Wildman–Crippen LogP) is 1.95. The number of benzene rings is 1. The van der Waals surface area contributed by atoms with Gasteiger partial charge in [0.05, 0.1) is 19.8 Å². The standard InChI is InChI=1S/C13H19NO2/c1-13(9-15-10-13)6-7-16-12-5-3-2-4-11(12)8-14/h2-5H,6-10,14H2,1H3. The lowest BCUT2D eigenvalue weighted by Crippen LogP contribution is -2.40. The monoisotopic (exact) mass is 221 g/mol. The lowest BCUT2D eigenvalue weighted by molar-refractivity contribution is -0.109. The maximum absolute atomic E-state index is 5.76. The Bertz CT molecular complexity index is 348. The summed E-state index contributed by atoms with van der Waals surface area (Å²) in [7, 11) is 0. The SMILES string of the molecule is CC1(CCOc2ccccc2CN)COC1. The molecule has 16 heavy (non-hydrogen) atoms. The molecule has 0 aliphatic carbocycles. The lowest BCUT2D eigenvalue weighted by Gasteiger charge is -2.37. The van der Waals surface area contributed by atoms with Gasteiger partial charge in [0.1, 0.15) is 5.75 Å². The number of nitrogens with two attached hydrogens (primary N) is 1. The molecule has 88 valence electrons. The average Bonchev–Trinajstić information content (AvgIpc) is 2.27. The van der Waals surface area contributed by atoms with Crippen LogP contribution in [0.5, 0.6) is 5.75 Å². The van der Waals surface area contributed by atoms with E-state index in [0.717, 1.165) is 37.6 Å². The Labute approximate surface area is 96.5 Å². The van der Waals surface area contributed by atoms with E-state index in [9.17, 15) is 0 Å². The van der Waals surface area contributed by atoms with Crippen molar-refractivity contribution < 1.29 is 9.47 Å². The summed E-state index contributed by atoms with van der Waals surface area (Å²) >= 11 is 0. The highest BCUT2D eigenvalue weighted by atomic mass is 16.5. The molecule has 0 aromatic heterocycles. The van der Waals surface area contributed by atoms with Gasteiger partial charge in [-0.15, -0.1) is 0 Å². The quantitative estimate of drug-likeness (QED) is 0.826. The highest BCUT2D eigenvalue weighted by molar-refractivity contribution is 5.32. The second-order valence-electron chi connectivity index (χ2n) is 4.71. The van der Waals surface area contributed by atoms with E-state index < -0.39 is 0 Å². The second kappa shape index (κ2) is 4.85. The van der Waals surface area contributed by atoms with E-state index in [2.05, 4.69) is 6.92 Å². The van der Waals surface area contributed by atoms with Crippen LogP contribution in [-0.4, -0.2) is 19.8 Å². The lowest BCUT2D eigenvalue weighted by atomic mass is 9.85. The third-order valence-electron chi connectivity index (χ3n) is 3.06. The summed E-state index contributed by atoms with van der Waals surface area (Å²) in [5, 5.41) is 0. The van der Waals surface area contributed by atoms with Gasteiger partial charge in [-0.25, -0.2) is 0 Å². The van der Waals surface area contributed by atoms with Crippen LogP contribution < -0.4 is 10.5 Å². The summed E-state index contributed by atoms with van der Waals surface area (Å²) in [4.78, 5) is 0. The van der Waals surface area contributed by atoms with Crippen molar-refractivity contribution in [1.82, 2.24) is 0 Å². The first kappa shape index (κ1) is 11.4. The third-order valence-corrected chi connectivity index (χ3v) is 3.06. The summed E-state index contributed by atoms with van der Waals surface area (Å²) in [5.74, 6) is 0.911. The van der Waals surface area contributed by atoms with Crippen molar-refractivity contribution in [3.63, 3.8) is 0 Å². The van der Waals surface area contributed by atoms with Crippen molar-refractivity contribution in [1.29, 1.82) is 0 Å². The largest absolute Gasteiger partial charge is 0.493 e. The molecule has 3 nitrogen and oxygen atoms in total. The molecule has 2 N–H and O–H groups in total. The molecule has 1 fully saturated rings. The van der Waals surface area contributed by atoms with Crippen LogP contribution in [0.15, 0.2) is 24.3 Å². The normalized spacial score (nSPS) is 17.9. The number of para-hydroxylation sites is 1. The van der Waals surface area contributed by atoms with Gasteiger partial charge in [-0.3, -0.25) is 0 Å². The molecular formula is C13H19NO2. The molecule has 2 rings (SSSR count). The van der Waals surface area contributed by atoms with E-state index in [0.29, 0.717) is 12.0 Å². The van der Waals surface area contributed by atoms with Gasteiger partial charge in [-0.05, 0) is 12.5 Å². The molecule has 1 aliphatic rings. The Hall–Kier alpha value is -1.06. The van der Waals surface area contributed by atoms with Crippen LogP contribution in [-0.2, 0) is 11.3 Å². The van der Waals surface area contributed by atoms with Gasteiger partial charge >= 0.3 is 0 Å². The Morgan fingerprint density at radius 3 is 2.75 bits per heavy atom.